The maximum atomic E-state index is 11.4. The van der Waals surface area contributed by atoms with E-state index in [0.29, 0.717) is 28.8 Å². The van der Waals surface area contributed by atoms with Gasteiger partial charge in [0.05, 0.1) is 6.10 Å². The zero-order valence-electron chi connectivity index (χ0n) is 21.2. The molecule has 0 radical (unpaired) electrons. The first kappa shape index (κ1) is 23.1. The summed E-state index contributed by atoms with van der Waals surface area (Å²) in [5, 5.41) is 11.4. The number of rotatable bonds is 4. The molecule has 174 valence electrons. The van der Waals surface area contributed by atoms with Gasteiger partial charge in [-0.3, -0.25) is 0 Å². The van der Waals surface area contributed by atoms with E-state index in [1.807, 2.05) is 0 Å². The monoisotopic (exact) mass is 418 g/mol. The highest BCUT2D eigenvalue weighted by atomic mass is 16.3. The first-order chi connectivity index (χ1) is 13.8. The van der Waals surface area contributed by atoms with Gasteiger partial charge in [0.1, 0.15) is 0 Å². The predicted molar refractivity (Wildman–Crippen MR) is 126 cm³/mol. The fourth-order valence-electron chi connectivity index (χ4n) is 9.81. The van der Waals surface area contributed by atoms with E-state index in [4.69, 9.17) is 5.73 Å². The van der Waals surface area contributed by atoms with E-state index in [1.54, 1.807) is 0 Å². The molecule has 4 saturated carbocycles. The summed E-state index contributed by atoms with van der Waals surface area (Å²) in [4.78, 5) is 2.34. The molecule has 0 unspecified atom stereocenters. The summed E-state index contributed by atoms with van der Waals surface area (Å²) in [6.07, 6.45) is 11.4. The zero-order chi connectivity index (χ0) is 22.3. The zero-order valence-corrected chi connectivity index (χ0v) is 21.2. The van der Waals surface area contributed by atoms with Crippen LogP contribution in [-0.4, -0.2) is 42.3 Å². The second-order valence-corrected chi connectivity index (χ2v) is 13.6. The van der Waals surface area contributed by atoms with Gasteiger partial charge in [0, 0.05) is 18.0 Å². The van der Waals surface area contributed by atoms with Gasteiger partial charge in [0.2, 0.25) is 0 Å². The molecular formula is C27H50N2O. The third kappa shape index (κ3) is 2.80. The van der Waals surface area contributed by atoms with Crippen LogP contribution in [0.15, 0.2) is 0 Å². The minimum atomic E-state index is -0.169. The molecule has 0 aromatic rings. The second kappa shape index (κ2) is 6.94. The highest BCUT2D eigenvalue weighted by Crippen LogP contribution is 2.85. The standard InChI is InChI=1S/C27H50N2O/c1-9-10-20-25(6)15-19(30)22(18(2)29(7)8)24(25,5)13-14-27(20)17-26(27)12-11-21(28)23(3,4)16-26/h18-22,30H,9-17,28H2,1-8H3/t18-,19+,20-,21-,22-,24-,25-,26-,27-/m0/s1. The summed E-state index contributed by atoms with van der Waals surface area (Å²) in [6.45, 7) is 14.7. The summed E-state index contributed by atoms with van der Waals surface area (Å²) >= 11 is 0. The number of fused-ring (bicyclic) bond motifs is 2. The van der Waals surface area contributed by atoms with Crippen LogP contribution >= 0.6 is 0 Å². The van der Waals surface area contributed by atoms with Crippen molar-refractivity contribution < 1.29 is 5.11 Å². The molecule has 3 heteroatoms. The molecule has 9 atom stereocenters. The Morgan fingerprint density at radius 1 is 1.03 bits per heavy atom. The van der Waals surface area contributed by atoms with E-state index >= 15 is 0 Å². The summed E-state index contributed by atoms with van der Waals surface area (Å²) in [5.41, 5.74) is 8.32. The minimum Gasteiger partial charge on any atom is -0.393 e. The summed E-state index contributed by atoms with van der Waals surface area (Å²) in [7, 11) is 4.38. The molecule has 0 saturated heterocycles. The highest BCUT2D eigenvalue weighted by molar-refractivity contribution is 5.27. The number of aliphatic hydroxyl groups is 1. The Morgan fingerprint density at radius 2 is 1.70 bits per heavy atom. The van der Waals surface area contributed by atoms with Crippen molar-refractivity contribution in [3.05, 3.63) is 0 Å². The molecule has 4 aliphatic carbocycles. The van der Waals surface area contributed by atoms with E-state index in [2.05, 4.69) is 60.5 Å². The lowest BCUT2D eigenvalue weighted by molar-refractivity contribution is -0.111. The minimum absolute atomic E-state index is 0.169. The van der Waals surface area contributed by atoms with Crippen molar-refractivity contribution >= 4 is 0 Å². The Kier molecular flexibility index (Phi) is 5.33. The van der Waals surface area contributed by atoms with Crippen LogP contribution in [0.25, 0.3) is 0 Å². The van der Waals surface area contributed by atoms with Gasteiger partial charge in [-0.1, -0.05) is 41.0 Å². The number of hydrogen-bond donors (Lipinski definition) is 2. The SMILES string of the molecule is CCC[C@@H]1[C@]2(CC[C@@]3(C)[C@@H]([C@H](C)N(C)C)[C@H](O)C[C@@]13C)C[C@@]21CC[C@H](N)C(C)(C)C1. The maximum Gasteiger partial charge on any atom is 0.0594 e. The van der Waals surface area contributed by atoms with Gasteiger partial charge in [-0.15, -0.1) is 0 Å². The van der Waals surface area contributed by atoms with Crippen LogP contribution in [0, 0.1) is 38.9 Å². The molecule has 0 amide bonds. The van der Waals surface area contributed by atoms with Gasteiger partial charge in [-0.05, 0) is 105 Å². The van der Waals surface area contributed by atoms with Crippen LogP contribution in [0.4, 0.5) is 0 Å². The molecule has 2 spiro atoms. The number of nitrogens with two attached hydrogens (primary N) is 1. The Hall–Kier alpha value is -0.120. The van der Waals surface area contributed by atoms with Crippen LogP contribution in [0.5, 0.6) is 0 Å². The van der Waals surface area contributed by atoms with E-state index in [9.17, 15) is 5.11 Å². The Bertz CT molecular complexity index is 676. The molecule has 4 aliphatic rings. The summed E-state index contributed by atoms with van der Waals surface area (Å²) < 4.78 is 0. The van der Waals surface area contributed by atoms with Crippen molar-refractivity contribution in [3.8, 4) is 0 Å². The molecule has 3 nitrogen and oxygen atoms in total. The van der Waals surface area contributed by atoms with Crippen molar-refractivity contribution in [3.63, 3.8) is 0 Å². The topological polar surface area (TPSA) is 49.5 Å². The van der Waals surface area contributed by atoms with E-state index < -0.39 is 0 Å². The normalized spacial score (nSPS) is 53.3. The van der Waals surface area contributed by atoms with Crippen LogP contribution in [-0.2, 0) is 0 Å². The quantitative estimate of drug-likeness (QED) is 0.638. The number of nitrogens with zero attached hydrogens (tertiary/aromatic N) is 1. The molecule has 0 aromatic heterocycles. The Balaban J connectivity index is 1.71. The van der Waals surface area contributed by atoms with Gasteiger partial charge in [0.15, 0.2) is 0 Å². The molecule has 3 N–H and O–H groups in total. The average Bonchev–Trinajstić information content (AvgIpc) is 3.18. The lowest BCUT2D eigenvalue weighted by Crippen LogP contribution is -2.55. The molecule has 0 bridgehead atoms. The molecular weight excluding hydrogens is 368 g/mol. The molecule has 0 heterocycles. The Morgan fingerprint density at radius 3 is 2.27 bits per heavy atom. The van der Waals surface area contributed by atoms with Crippen LogP contribution in [0.1, 0.15) is 99.3 Å². The molecule has 0 aliphatic heterocycles. The first-order valence-corrected chi connectivity index (χ1v) is 12.9. The van der Waals surface area contributed by atoms with Crippen molar-refractivity contribution in [1.29, 1.82) is 0 Å². The number of aliphatic hydroxyl groups excluding tert-OH is 1. The average molecular weight is 419 g/mol. The fraction of sp³-hybridized carbons (Fsp3) is 1.00. The maximum absolute atomic E-state index is 11.4. The largest absolute Gasteiger partial charge is 0.393 e. The lowest BCUT2D eigenvalue weighted by atomic mass is 9.45. The third-order valence-electron chi connectivity index (χ3n) is 11.8. The Labute approximate surface area is 186 Å². The molecule has 0 aromatic carbocycles. The van der Waals surface area contributed by atoms with Gasteiger partial charge in [-0.25, -0.2) is 0 Å². The van der Waals surface area contributed by atoms with E-state index in [1.165, 1.54) is 51.4 Å². The fourth-order valence-corrected chi connectivity index (χ4v) is 9.81. The van der Waals surface area contributed by atoms with Gasteiger partial charge >= 0.3 is 0 Å². The van der Waals surface area contributed by atoms with Crippen molar-refractivity contribution in [2.45, 2.75) is 118 Å². The third-order valence-corrected chi connectivity index (χ3v) is 11.8. The molecule has 4 fully saturated rings. The van der Waals surface area contributed by atoms with Gasteiger partial charge in [-0.2, -0.15) is 0 Å². The smallest absolute Gasteiger partial charge is 0.0594 e. The molecule has 30 heavy (non-hydrogen) atoms. The summed E-state index contributed by atoms with van der Waals surface area (Å²) in [6, 6.07) is 0.774. The lowest BCUT2D eigenvalue weighted by Gasteiger charge is -2.59. The van der Waals surface area contributed by atoms with Crippen molar-refractivity contribution in [2.24, 2.45) is 44.6 Å². The predicted octanol–water partition coefficient (Wildman–Crippen LogP) is 5.45. The second-order valence-electron chi connectivity index (χ2n) is 13.6. The van der Waals surface area contributed by atoms with Crippen LogP contribution in [0.3, 0.4) is 0 Å². The van der Waals surface area contributed by atoms with Gasteiger partial charge < -0.3 is 15.7 Å². The molecule has 4 rings (SSSR count). The van der Waals surface area contributed by atoms with E-state index in [-0.39, 0.29) is 22.3 Å². The highest BCUT2D eigenvalue weighted by Gasteiger charge is 2.78. The van der Waals surface area contributed by atoms with Gasteiger partial charge in [0.25, 0.3) is 0 Å². The van der Waals surface area contributed by atoms with E-state index in [0.717, 1.165) is 12.3 Å². The van der Waals surface area contributed by atoms with Crippen LogP contribution in [0.2, 0.25) is 0 Å². The first-order valence-electron chi connectivity index (χ1n) is 12.9. The van der Waals surface area contributed by atoms with Crippen molar-refractivity contribution in [2.75, 3.05) is 14.1 Å². The van der Waals surface area contributed by atoms with Crippen molar-refractivity contribution in [1.82, 2.24) is 4.90 Å². The van der Waals surface area contributed by atoms with Crippen LogP contribution < -0.4 is 5.73 Å². The summed E-state index contributed by atoms with van der Waals surface area (Å²) in [5.74, 6) is 1.12. The number of hydrogen-bond acceptors (Lipinski definition) is 3.